The van der Waals surface area contributed by atoms with Gasteiger partial charge in [-0.25, -0.2) is 0 Å². The third-order valence-electron chi connectivity index (χ3n) is 3.96. The molecule has 1 aromatic rings. The first-order valence-electron chi connectivity index (χ1n) is 6.61. The third kappa shape index (κ3) is 2.42. The maximum absolute atomic E-state index is 10.2. The molecule has 0 aliphatic carbocycles. The van der Waals surface area contributed by atoms with E-state index in [-0.39, 0.29) is 17.6 Å². The van der Waals surface area contributed by atoms with E-state index in [2.05, 4.69) is 42.9 Å². The van der Waals surface area contributed by atoms with Gasteiger partial charge < -0.3 is 5.11 Å². The standard InChI is InChI=1S/C13H24N4O/c1-9-12-10(16(5)15-14-12)6-7-17(9)8-11(18)13(2,3)4/h9,11,18H,6-8H2,1-5H3. The van der Waals surface area contributed by atoms with Crippen molar-refractivity contribution in [1.82, 2.24) is 19.9 Å². The van der Waals surface area contributed by atoms with Crippen molar-refractivity contribution in [1.29, 1.82) is 0 Å². The molecule has 0 saturated heterocycles. The van der Waals surface area contributed by atoms with E-state index in [0.717, 1.165) is 18.7 Å². The fourth-order valence-corrected chi connectivity index (χ4v) is 2.37. The Morgan fingerprint density at radius 2 is 2.11 bits per heavy atom. The van der Waals surface area contributed by atoms with Crippen molar-refractivity contribution in [2.75, 3.05) is 13.1 Å². The van der Waals surface area contributed by atoms with E-state index in [0.29, 0.717) is 6.54 Å². The number of aromatic nitrogens is 3. The van der Waals surface area contributed by atoms with Crippen molar-refractivity contribution in [3.63, 3.8) is 0 Å². The molecule has 2 unspecified atom stereocenters. The van der Waals surface area contributed by atoms with Crippen LogP contribution in [0.5, 0.6) is 0 Å². The second-order valence-electron chi connectivity index (χ2n) is 6.35. The first-order valence-corrected chi connectivity index (χ1v) is 6.61. The van der Waals surface area contributed by atoms with Crippen LogP contribution in [-0.4, -0.2) is 44.2 Å². The highest BCUT2D eigenvalue weighted by Gasteiger charge is 2.32. The van der Waals surface area contributed by atoms with Crippen molar-refractivity contribution in [2.24, 2.45) is 12.5 Å². The summed E-state index contributed by atoms with van der Waals surface area (Å²) in [4.78, 5) is 2.30. The zero-order valence-electron chi connectivity index (χ0n) is 12.0. The molecule has 102 valence electrons. The molecular formula is C13H24N4O. The van der Waals surface area contributed by atoms with Crippen LogP contribution >= 0.6 is 0 Å². The number of aliphatic hydroxyl groups is 1. The van der Waals surface area contributed by atoms with Crippen LogP contribution in [0.4, 0.5) is 0 Å². The molecule has 0 aromatic carbocycles. The fourth-order valence-electron chi connectivity index (χ4n) is 2.37. The predicted octanol–water partition coefficient (Wildman–Crippen LogP) is 1.14. The number of hydrogen-bond acceptors (Lipinski definition) is 4. The molecule has 2 atom stereocenters. The van der Waals surface area contributed by atoms with E-state index >= 15 is 0 Å². The quantitative estimate of drug-likeness (QED) is 0.857. The van der Waals surface area contributed by atoms with Gasteiger partial charge in [-0.15, -0.1) is 5.10 Å². The molecule has 0 radical (unpaired) electrons. The second kappa shape index (κ2) is 4.63. The van der Waals surface area contributed by atoms with Gasteiger partial charge in [-0.05, 0) is 12.3 Å². The Bertz CT molecular complexity index is 421. The molecule has 5 nitrogen and oxygen atoms in total. The van der Waals surface area contributed by atoms with Crippen LogP contribution in [0.25, 0.3) is 0 Å². The Kier molecular flexibility index (Phi) is 3.47. The minimum Gasteiger partial charge on any atom is -0.391 e. The summed E-state index contributed by atoms with van der Waals surface area (Å²) in [7, 11) is 1.94. The Morgan fingerprint density at radius 3 is 2.72 bits per heavy atom. The molecule has 0 fully saturated rings. The molecule has 1 aromatic heterocycles. The molecule has 2 heterocycles. The minimum atomic E-state index is -0.321. The normalized spacial score (nSPS) is 22.9. The van der Waals surface area contributed by atoms with Crippen molar-refractivity contribution in [2.45, 2.75) is 46.3 Å². The van der Waals surface area contributed by atoms with Gasteiger partial charge in [0.1, 0.15) is 5.69 Å². The van der Waals surface area contributed by atoms with Crippen LogP contribution in [0.3, 0.4) is 0 Å². The van der Waals surface area contributed by atoms with Crippen molar-refractivity contribution in [3.8, 4) is 0 Å². The Morgan fingerprint density at radius 1 is 1.44 bits per heavy atom. The number of fused-ring (bicyclic) bond motifs is 1. The second-order valence-corrected chi connectivity index (χ2v) is 6.35. The van der Waals surface area contributed by atoms with Gasteiger partial charge in [0.05, 0.1) is 17.8 Å². The Hall–Kier alpha value is -0.940. The maximum atomic E-state index is 10.2. The third-order valence-corrected chi connectivity index (χ3v) is 3.96. The number of nitrogens with zero attached hydrogens (tertiary/aromatic N) is 4. The number of rotatable bonds is 2. The summed E-state index contributed by atoms with van der Waals surface area (Å²) in [6.07, 6.45) is 0.637. The number of aliphatic hydroxyl groups excluding tert-OH is 1. The van der Waals surface area contributed by atoms with Crippen LogP contribution in [0.1, 0.15) is 45.1 Å². The molecule has 2 rings (SSSR count). The molecule has 0 bridgehead atoms. The number of aryl methyl sites for hydroxylation is 1. The first-order chi connectivity index (χ1) is 8.30. The lowest BCUT2D eigenvalue weighted by Crippen LogP contribution is -2.43. The summed E-state index contributed by atoms with van der Waals surface area (Å²) in [5.74, 6) is 0. The van der Waals surface area contributed by atoms with Crippen LogP contribution in [0, 0.1) is 5.41 Å². The highest BCUT2D eigenvalue weighted by molar-refractivity contribution is 5.18. The van der Waals surface area contributed by atoms with Crippen LogP contribution in [-0.2, 0) is 13.5 Å². The molecule has 0 saturated carbocycles. The van der Waals surface area contributed by atoms with Gasteiger partial charge in [-0.3, -0.25) is 9.58 Å². The van der Waals surface area contributed by atoms with E-state index in [9.17, 15) is 5.11 Å². The fraction of sp³-hybridized carbons (Fsp3) is 0.846. The van der Waals surface area contributed by atoms with Crippen LogP contribution < -0.4 is 0 Å². The Labute approximate surface area is 109 Å². The van der Waals surface area contributed by atoms with Gasteiger partial charge in [0.2, 0.25) is 0 Å². The van der Waals surface area contributed by atoms with Gasteiger partial charge in [0.15, 0.2) is 0 Å². The zero-order valence-corrected chi connectivity index (χ0v) is 12.0. The topological polar surface area (TPSA) is 54.2 Å². The maximum Gasteiger partial charge on any atom is 0.103 e. The zero-order chi connectivity index (χ0) is 13.5. The highest BCUT2D eigenvalue weighted by Crippen LogP contribution is 2.29. The van der Waals surface area contributed by atoms with Gasteiger partial charge in [0, 0.05) is 26.6 Å². The van der Waals surface area contributed by atoms with Crippen molar-refractivity contribution in [3.05, 3.63) is 11.4 Å². The summed E-state index contributed by atoms with van der Waals surface area (Å²) < 4.78 is 1.86. The molecule has 1 aliphatic rings. The van der Waals surface area contributed by atoms with Crippen LogP contribution in [0.15, 0.2) is 0 Å². The molecule has 1 aliphatic heterocycles. The van der Waals surface area contributed by atoms with Gasteiger partial charge in [0.25, 0.3) is 0 Å². The van der Waals surface area contributed by atoms with Gasteiger partial charge >= 0.3 is 0 Å². The van der Waals surface area contributed by atoms with Crippen molar-refractivity contribution < 1.29 is 5.11 Å². The van der Waals surface area contributed by atoms with Crippen molar-refractivity contribution >= 4 is 0 Å². The average Bonchev–Trinajstić information content (AvgIpc) is 2.64. The SMILES string of the molecule is CC1c2nnn(C)c2CCN1CC(O)C(C)(C)C. The molecule has 1 N–H and O–H groups in total. The summed E-state index contributed by atoms with van der Waals surface area (Å²) in [6.45, 7) is 10.0. The Balaban J connectivity index is 2.10. The smallest absolute Gasteiger partial charge is 0.103 e. The van der Waals surface area contributed by atoms with Crippen LogP contribution in [0.2, 0.25) is 0 Å². The summed E-state index contributed by atoms with van der Waals surface area (Å²) in [5, 5.41) is 18.6. The number of hydrogen-bond donors (Lipinski definition) is 1. The molecule has 0 amide bonds. The van der Waals surface area contributed by atoms with E-state index < -0.39 is 0 Å². The monoisotopic (exact) mass is 252 g/mol. The summed E-state index contributed by atoms with van der Waals surface area (Å²) >= 11 is 0. The van der Waals surface area contributed by atoms with Gasteiger partial charge in [-0.2, -0.15) is 0 Å². The lowest BCUT2D eigenvalue weighted by atomic mass is 9.88. The van der Waals surface area contributed by atoms with E-state index in [1.807, 2.05) is 11.7 Å². The van der Waals surface area contributed by atoms with E-state index in [1.54, 1.807) is 0 Å². The van der Waals surface area contributed by atoms with Gasteiger partial charge in [-0.1, -0.05) is 26.0 Å². The molecule has 0 spiro atoms. The lowest BCUT2D eigenvalue weighted by Gasteiger charge is -2.37. The first kappa shape index (κ1) is 13.5. The number of β-amino-alcohol motifs (C(OH)–C–C–N with tert-alkyl or cyclic N) is 1. The summed E-state index contributed by atoms with van der Waals surface area (Å²) in [6, 6.07) is 0.236. The summed E-state index contributed by atoms with van der Waals surface area (Å²) in [5.41, 5.74) is 2.20. The largest absolute Gasteiger partial charge is 0.391 e. The molecule has 18 heavy (non-hydrogen) atoms. The van der Waals surface area contributed by atoms with E-state index in [1.165, 1.54) is 5.69 Å². The molecular weight excluding hydrogens is 228 g/mol. The highest BCUT2D eigenvalue weighted by atomic mass is 16.3. The lowest BCUT2D eigenvalue weighted by molar-refractivity contribution is 0.0146. The average molecular weight is 252 g/mol. The van der Waals surface area contributed by atoms with E-state index in [4.69, 9.17) is 0 Å². The molecule has 5 heteroatoms. The predicted molar refractivity (Wildman–Crippen MR) is 70.2 cm³/mol. The minimum absolute atomic E-state index is 0.0810.